The molecule has 98 valence electrons. The van der Waals surface area contributed by atoms with Gasteiger partial charge in [-0.2, -0.15) is 0 Å². The van der Waals surface area contributed by atoms with Crippen LogP contribution in [0.15, 0.2) is 18.2 Å². The summed E-state index contributed by atoms with van der Waals surface area (Å²) in [6.07, 6.45) is -3.47. The lowest BCUT2D eigenvalue weighted by atomic mass is 9.98. The molecule has 0 aliphatic heterocycles. The van der Waals surface area contributed by atoms with Gasteiger partial charge in [0.15, 0.2) is 0 Å². The summed E-state index contributed by atoms with van der Waals surface area (Å²) in [5.41, 5.74) is 4.95. The molecule has 0 fully saturated rings. The van der Waals surface area contributed by atoms with E-state index in [0.29, 0.717) is 5.56 Å². The van der Waals surface area contributed by atoms with Gasteiger partial charge in [0.25, 0.3) is 5.69 Å². The Labute approximate surface area is 103 Å². The lowest BCUT2D eigenvalue weighted by Crippen LogP contribution is -2.26. The van der Waals surface area contributed by atoms with E-state index in [2.05, 4.69) is 0 Å². The van der Waals surface area contributed by atoms with Crippen LogP contribution in [0.1, 0.15) is 23.7 Å². The van der Waals surface area contributed by atoms with Gasteiger partial charge in [-0.1, -0.05) is 12.1 Å². The summed E-state index contributed by atoms with van der Waals surface area (Å²) in [6, 6.07) is 4.38. The Bertz CT molecular complexity index is 475. The van der Waals surface area contributed by atoms with Crippen molar-refractivity contribution in [3.05, 3.63) is 39.4 Å². The number of nitrogens with two attached hydrogens (primary N) is 1. The maximum absolute atomic E-state index is 10.9. The SMILES string of the molecule is Cc1cccc(C(O)C(O)CC(N)=O)c1[N+](=O)[O-]. The molecule has 0 aliphatic rings. The maximum atomic E-state index is 10.9. The second-order valence-electron chi connectivity index (χ2n) is 3.95. The zero-order chi connectivity index (χ0) is 13.9. The van der Waals surface area contributed by atoms with Crippen LogP contribution in [0.4, 0.5) is 5.69 Å². The monoisotopic (exact) mass is 254 g/mol. The molecule has 2 atom stereocenters. The second-order valence-corrected chi connectivity index (χ2v) is 3.95. The molecule has 7 nitrogen and oxygen atoms in total. The van der Waals surface area contributed by atoms with Crippen LogP contribution in [-0.4, -0.2) is 27.1 Å². The van der Waals surface area contributed by atoms with Crippen molar-refractivity contribution >= 4 is 11.6 Å². The van der Waals surface area contributed by atoms with Gasteiger partial charge in [0, 0.05) is 5.56 Å². The van der Waals surface area contributed by atoms with E-state index in [1.165, 1.54) is 25.1 Å². The maximum Gasteiger partial charge on any atom is 0.278 e. The fourth-order valence-electron chi connectivity index (χ4n) is 1.69. The predicted octanol–water partition coefficient (Wildman–Crippen LogP) is 0.173. The van der Waals surface area contributed by atoms with Gasteiger partial charge in [-0.05, 0) is 13.0 Å². The normalized spacial score (nSPS) is 13.9. The molecule has 18 heavy (non-hydrogen) atoms. The third-order valence-electron chi connectivity index (χ3n) is 2.54. The molecule has 0 saturated carbocycles. The third kappa shape index (κ3) is 3.02. The highest BCUT2D eigenvalue weighted by Crippen LogP contribution is 2.30. The molecular weight excluding hydrogens is 240 g/mol. The Balaban J connectivity index is 3.12. The number of nitro benzene ring substituents is 1. The molecule has 0 bridgehead atoms. The fourth-order valence-corrected chi connectivity index (χ4v) is 1.69. The smallest absolute Gasteiger partial charge is 0.278 e. The van der Waals surface area contributed by atoms with Crippen molar-refractivity contribution in [2.24, 2.45) is 5.73 Å². The molecule has 1 amide bonds. The largest absolute Gasteiger partial charge is 0.390 e. The second kappa shape index (κ2) is 5.56. The van der Waals surface area contributed by atoms with Crippen molar-refractivity contribution < 1.29 is 19.9 Å². The first-order valence-electron chi connectivity index (χ1n) is 5.23. The van der Waals surface area contributed by atoms with Gasteiger partial charge in [0.2, 0.25) is 5.91 Å². The van der Waals surface area contributed by atoms with Crippen LogP contribution >= 0.6 is 0 Å². The summed E-state index contributed by atoms with van der Waals surface area (Å²) in [7, 11) is 0. The number of rotatable bonds is 5. The van der Waals surface area contributed by atoms with Gasteiger partial charge in [0.05, 0.1) is 23.0 Å². The van der Waals surface area contributed by atoms with Gasteiger partial charge in [-0.15, -0.1) is 0 Å². The molecular formula is C11H14N2O5. The highest BCUT2D eigenvalue weighted by Gasteiger charge is 2.28. The number of para-hydroxylation sites is 1. The quantitative estimate of drug-likeness (QED) is 0.510. The number of amides is 1. The van der Waals surface area contributed by atoms with Gasteiger partial charge in [-0.3, -0.25) is 14.9 Å². The topological polar surface area (TPSA) is 127 Å². The highest BCUT2D eigenvalue weighted by molar-refractivity contribution is 5.74. The lowest BCUT2D eigenvalue weighted by Gasteiger charge is -2.17. The Morgan fingerprint density at radius 3 is 2.61 bits per heavy atom. The summed E-state index contributed by atoms with van der Waals surface area (Å²) in [6.45, 7) is 1.52. The van der Waals surface area contributed by atoms with Crippen LogP contribution in [0.25, 0.3) is 0 Å². The standard InChI is InChI=1S/C11H14N2O5/c1-6-3-2-4-7(10(6)13(17)18)11(16)8(14)5-9(12)15/h2-4,8,11,14,16H,5H2,1H3,(H2,12,15). The number of aryl methyl sites for hydroxylation is 1. The van der Waals surface area contributed by atoms with Crippen LogP contribution in [-0.2, 0) is 4.79 Å². The average molecular weight is 254 g/mol. The van der Waals surface area contributed by atoms with E-state index in [9.17, 15) is 25.1 Å². The Kier molecular flexibility index (Phi) is 4.35. The molecule has 0 spiro atoms. The Morgan fingerprint density at radius 2 is 2.11 bits per heavy atom. The first kappa shape index (κ1) is 14.1. The summed E-state index contributed by atoms with van der Waals surface area (Å²) >= 11 is 0. The molecule has 0 saturated heterocycles. The zero-order valence-corrected chi connectivity index (χ0v) is 9.74. The molecule has 1 aromatic rings. The summed E-state index contributed by atoms with van der Waals surface area (Å²) < 4.78 is 0. The van der Waals surface area contributed by atoms with Crippen molar-refractivity contribution in [3.63, 3.8) is 0 Å². The number of primary amides is 1. The van der Waals surface area contributed by atoms with Crippen molar-refractivity contribution in [2.75, 3.05) is 0 Å². The number of hydrogen-bond donors (Lipinski definition) is 3. The number of carbonyl (C=O) groups is 1. The van der Waals surface area contributed by atoms with E-state index in [1.54, 1.807) is 0 Å². The van der Waals surface area contributed by atoms with Gasteiger partial charge >= 0.3 is 0 Å². The number of nitrogens with zero attached hydrogens (tertiary/aromatic N) is 1. The fraction of sp³-hybridized carbons (Fsp3) is 0.364. The van der Waals surface area contributed by atoms with E-state index >= 15 is 0 Å². The Hall–Kier alpha value is -1.99. The van der Waals surface area contributed by atoms with E-state index in [-0.39, 0.29) is 11.3 Å². The van der Waals surface area contributed by atoms with Crippen molar-refractivity contribution in [3.8, 4) is 0 Å². The summed E-state index contributed by atoms with van der Waals surface area (Å²) in [5, 5.41) is 30.3. The molecule has 0 aliphatic carbocycles. The molecule has 1 aromatic carbocycles. The minimum absolute atomic E-state index is 0.0336. The molecule has 4 N–H and O–H groups in total. The molecule has 1 rings (SSSR count). The highest BCUT2D eigenvalue weighted by atomic mass is 16.6. The van der Waals surface area contributed by atoms with Gasteiger partial charge < -0.3 is 15.9 Å². The zero-order valence-electron chi connectivity index (χ0n) is 9.74. The predicted molar refractivity (Wildman–Crippen MR) is 62.6 cm³/mol. The van der Waals surface area contributed by atoms with Crippen LogP contribution in [0, 0.1) is 17.0 Å². The van der Waals surface area contributed by atoms with Crippen LogP contribution in [0.3, 0.4) is 0 Å². The summed E-state index contributed by atoms with van der Waals surface area (Å²) in [4.78, 5) is 20.9. The number of carbonyl (C=O) groups excluding carboxylic acids is 1. The number of benzene rings is 1. The molecule has 2 unspecified atom stereocenters. The number of aliphatic hydroxyl groups is 2. The van der Waals surface area contributed by atoms with Crippen molar-refractivity contribution in [2.45, 2.75) is 25.6 Å². The average Bonchev–Trinajstić information content (AvgIpc) is 2.26. The first-order valence-corrected chi connectivity index (χ1v) is 5.23. The summed E-state index contributed by atoms with van der Waals surface area (Å²) in [5.74, 6) is -0.795. The first-order chi connectivity index (χ1) is 8.34. The Morgan fingerprint density at radius 1 is 1.50 bits per heavy atom. The number of nitro groups is 1. The number of hydrogen-bond acceptors (Lipinski definition) is 5. The lowest BCUT2D eigenvalue weighted by molar-refractivity contribution is -0.386. The molecule has 0 radical (unpaired) electrons. The van der Waals surface area contributed by atoms with Crippen molar-refractivity contribution in [1.82, 2.24) is 0 Å². The van der Waals surface area contributed by atoms with E-state index in [0.717, 1.165) is 0 Å². The molecule has 0 aromatic heterocycles. The molecule has 7 heteroatoms. The van der Waals surface area contributed by atoms with Crippen LogP contribution in [0.2, 0.25) is 0 Å². The number of aliphatic hydroxyl groups excluding tert-OH is 2. The van der Waals surface area contributed by atoms with Crippen LogP contribution < -0.4 is 5.73 Å². The molecule has 0 heterocycles. The van der Waals surface area contributed by atoms with Crippen molar-refractivity contribution in [1.29, 1.82) is 0 Å². The van der Waals surface area contributed by atoms with Gasteiger partial charge in [0.1, 0.15) is 6.10 Å². The van der Waals surface area contributed by atoms with Crippen LogP contribution in [0.5, 0.6) is 0 Å². The minimum atomic E-state index is -1.53. The van der Waals surface area contributed by atoms with E-state index < -0.39 is 29.5 Å². The van der Waals surface area contributed by atoms with Gasteiger partial charge in [-0.25, -0.2) is 0 Å². The minimum Gasteiger partial charge on any atom is -0.390 e. The van der Waals surface area contributed by atoms with E-state index in [4.69, 9.17) is 5.73 Å². The third-order valence-corrected chi connectivity index (χ3v) is 2.54. The van der Waals surface area contributed by atoms with E-state index in [1.807, 2.05) is 0 Å².